The maximum Gasteiger partial charge on any atom is 0.0766 e. The third-order valence-corrected chi connectivity index (χ3v) is 4.58. The van der Waals surface area contributed by atoms with Gasteiger partial charge in [0, 0.05) is 19.5 Å². The third kappa shape index (κ3) is 4.58. The lowest BCUT2D eigenvalue weighted by molar-refractivity contribution is 0.289. The average molecular weight is 331 g/mol. The molecular weight excluding hydrogens is 304 g/mol. The Morgan fingerprint density at radius 2 is 1.95 bits per heavy atom. The van der Waals surface area contributed by atoms with Crippen LogP contribution in [0.4, 0.5) is 0 Å². The minimum absolute atomic E-state index is 0.192. The zero-order valence-electron chi connectivity index (χ0n) is 12.6. The Balaban J connectivity index is 2.57. The van der Waals surface area contributed by atoms with Gasteiger partial charge in [0.25, 0.3) is 0 Å². The molecule has 1 atom stereocenters. The van der Waals surface area contributed by atoms with E-state index in [-0.39, 0.29) is 6.04 Å². The molecule has 1 aromatic rings. The van der Waals surface area contributed by atoms with Crippen molar-refractivity contribution >= 4 is 15.9 Å². The van der Waals surface area contributed by atoms with E-state index in [1.165, 1.54) is 5.69 Å². The van der Waals surface area contributed by atoms with Crippen molar-refractivity contribution in [2.75, 3.05) is 19.6 Å². The van der Waals surface area contributed by atoms with Gasteiger partial charge in [-0.2, -0.15) is 5.10 Å². The van der Waals surface area contributed by atoms with Crippen LogP contribution >= 0.6 is 15.9 Å². The number of nitrogens with two attached hydrogens (primary N) is 1. The van der Waals surface area contributed by atoms with Gasteiger partial charge in [0.2, 0.25) is 0 Å². The van der Waals surface area contributed by atoms with E-state index in [1.807, 2.05) is 11.7 Å². The summed E-state index contributed by atoms with van der Waals surface area (Å²) in [5, 5.41) is 4.51. The van der Waals surface area contributed by atoms with Gasteiger partial charge in [0.05, 0.1) is 15.9 Å². The fourth-order valence-corrected chi connectivity index (χ4v) is 3.06. The van der Waals surface area contributed by atoms with Crippen LogP contribution in [0, 0.1) is 0 Å². The summed E-state index contributed by atoms with van der Waals surface area (Å²) < 4.78 is 3.09. The Morgan fingerprint density at radius 1 is 1.32 bits per heavy atom. The molecule has 0 aliphatic carbocycles. The van der Waals surface area contributed by atoms with E-state index in [9.17, 15) is 0 Å². The van der Waals surface area contributed by atoms with E-state index in [0.29, 0.717) is 0 Å². The molecule has 4 nitrogen and oxygen atoms in total. The van der Waals surface area contributed by atoms with Crippen molar-refractivity contribution in [3.05, 3.63) is 15.9 Å². The van der Waals surface area contributed by atoms with Gasteiger partial charge in [-0.05, 0) is 48.4 Å². The fraction of sp³-hybridized carbons (Fsp3) is 0.786. The van der Waals surface area contributed by atoms with Gasteiger partial charge in [-0.25, -0.2) is 0 Å². The van der Waals surface area contributed by atoms with Crippen LogP contribution in [-0.2, 0) is 19.9 Å². The normalized spacial score (nSPS) is 13.2. The van der Waals surface area contributed by atoms with Crippen LogP contribution in [0.3, 0.4) is 0 Å². The van der Waals surface area contributed by atoms with Gasteiger partial charge in [-0.3, -0.25) is 4.68 Å². The number of nitrogens with zero attached hydrogens (tertiary/aromatic N) is 3. The number of halogens is 1. The molecule has 0 bridgehead atoms. The summed E-state index contributed by atoms with van der Waals surface area (Å²) in [4.78, 5) is 2.41. The highest BCUT2D eigenvalue weighted by Crippen LogP contribution is 2.22. The molecule has 0 aliphatic rings. The molecule has 19 heavy (non-hydrogen) atoms. The molecule has 0 aliphatic heterocycles. The van der Waals surface area contributed by atoms with Gasteiger partial charge in [0.15, 0.2) is 0 Å². The molecule has 0 amide bonds. The predicted octanol–water partition coefficient (Wildman–Crippen LogP) is 2.35. The first-order valence-electron chi connectivity index (χ1n) is 7.21. The Bertz CT molecular complexity index is 385. The summed E-state index contributed by atoms with van der Waals surface area (Å²) in [7, 11) is 2.00. The smallest absolute Gasteiger partial charge is 0.0766 e. The van der Waals surface area contributed by atoms with E-state index in [4.69, 9.17) is 5.73 Å². The minimum atomic E-state index is 0.192. The summed E-state index contributed by atoms with van der Waals surface area (Å²) in [6.45, 7) is 9.78. The van der Waals surface area contributed by atoms with Gasteiger partial charge >= 0.3 is 0 Å². The van der Waals surface area contributed by atoms with Gasteiger partial charge in [0.1, 0.15) is 0 Å². The van der Waals surface area contributed by atoms with Crippen LogP contribution in [0.25, 0.3) is 0 Å². The summed E-state index contributed by atoms with van der Waals surface area (Å²) in [6.07, 6.45) is 2.86. The minimum Gasteiger partial charge on any atom is -0.327 e. The Morgan fingerprint density at radius 3 is 2.42 bits per heavy atom. The van der Waals surface area contributed by atoms with Crippen LogP contribution in [-0.4, -0.2) is 40.4 Å². The van der Waals surface area contributed by atoms with Crippen molar-refractivity contribution in [3.63, 3.8) is 0 Å². The molecule has 110 valence electrons. The number of rotatable bonds is 8. The van der Waals surface area contributed by atoms with Crippen LogP contribution in [0.1, 0.15) is 38.6 Å². The molecule has 0 aromatic carbocycles. The van der Waals surface area contributed by atoms with Crippen molar-refractivity contribution < 1.29 is 0 Å². The maximum atomic E-state index is 6.26. The Hall–Kier alpha value is -0.390. The first kappa shape index (κ1) is 16.7. The van der Waals surface area contributed by atoms with E-state index < -0.39 is 0 Å². The van der Waals surface area contributed by atoms with Crippen molar-refractivity contribution in [3.8, 4) is 0 Å². The molecule has 0 radical (unpaired) electrons. The van der Waals surface area contributed by atoms with Crippen molar-refractivity contribution in [1.29, 1.82) is 0 Å². The zero-order valence-corrected chi connectivity index (χ0v) is 14.2. The van der Waals surface area contributed by atoms with E-state index in [0.717, 1.165) is 49.1 Å². The van der Waals surface area contributed by atoms with Crippen molar-refractivity contribution in [2.24, 2.45) is 12.8 Å². The van der Waals surface area contributed by atoms with Gasteiger partial charge < -0.3 is 10.6 Å². The monoisotopic (exact) mass is 330 g/mol. The number of aryl methyl sites for hydroxylation is 2. The van der Waals surface area contributed by atoms with Crippen LogP contribution in [0.2, 0.25) is 0 Å². The molecule has 0 fully saturated rings. The zero-order chi connectivity index (χ0) is 14.4. The van der Waals surface area contributed by atoms with E-state index >= 15 is 0 Å². The fourth-order valence-electron chi connectivity index (χ4n) is 2.28. The van der Waals surface area contributed by atoms with Crippen LogP contribution in [0.15, 0.2) is 4.47 Å². The second-order valence-corrected chi connectivity index (χ2v) is 5.76. The standard InChI is InChI=1S/C14H27BrN4/c1-5-12-14(15)13(18(4)17-12)10-11(16)8-9-19(6-2)7-3/h11H,5-10,16H2,1-4H3. The highest BCUT2D eigenvalue weighted by Gasteiger charge is 2.15. The summed E-state index contributed by atoms with van der Waals surface area (Å²) in [5.74, 6) is 0. The van der Waals surface area contributed by atoms with Crippen molar-refractivity contribution in [2.45, 2.75) is 46.1 Å². The maximum absolute atomic E-state index is 6.26. The van der Waals surface area contributed by atoms with Crippen molar-refractivity contribution in [1.82, 2.24) is 14.7 Å². The predicted molar refractivity (Wildman–Crippen MR) is 84.4 cm³/mol. The highest BCUT2D eigenvalue weighted by molar-refractivity contribution is 9.10. The SMILES string of the molecule is CCc1nn(C)c(CC(N)CCN(CC)CC)c1Br. The van der Waals surface area contributed by atoms with Gasteiger partial charge in [-0.15, -0.1) is 0 Å². The molecule has 0 saturated carbocycles. The van der Waals surface area contributed by atoms with Crippen LogP contribution < -0.4 is 5.73 Å². The lowest BCUT2D eigenvalue weighted by Crippen LogP contribution is -2.32. The van der Waals surface area contributed by atoms with E-state index in [1.54, 1.807) is 0 Å². The summed E-state index contributed by atoms with van der Waals surface area (Å²) in [6, 6.07) is 0.192. The molecule has 1 heterocycles. The molecule has 0 spiro atoms. The molecule has 5 heteroatoms. The molecule has 1 aromatic heterocycles. The average Bonchev–Trinajstić information content (AvgIpc) is 2.67. The van der Waals surface area contributed by atoms with Crippen LogP contribution in [0.5, 0.6) is 0 Å². The third-order valence-electron chi connectivity index (χ3n) is 3.67. The molecule has 0 saturated heterocycles. The highest BCUT2D eigenvalue weighted by atomic mass is 79.9. The first-order chi connectivity index (χ1) is 9.03. The topological polar surface area (TPSA) is 47.1 Å². The second kappa shape index (κ2) is 8.02. The lowest BCUT2D eigenvalue weighted by Gasteiger charge is -2.20. The Kier molecular flexibility index (Phi) is 7.04. The summed E-state index contributed by atoms with van der Waals surface area (Å²) >= 11 is 3.65. The first-order valence-corrected chi connectivity index (χ1v) is 8.00. The number of aromatic nitrogens is 2. The largest absolute Gasteiger partial charge is 0.327 e. The quantitative estimate of drug-likeness (QED) is 0.795. The molecule has 1 unspecified atom stereocenters. The molecule has 1 rings (SSSR count). The summed E-state index contributed by atoms with van der Waals surface area (Å²) in [5.41, 5.74) is 8.59. The molecular formula is C14H27BrN4. The number of hydrogen-bond donors (Lipinski definition) is 1. The Labute approximate surface area is 125 Å². The van der Waals surface area contributed by atoms with E-state index in [2.05, 4.69) is 46.7 Å². The molecule has 2 N–H and O–H groups in total. The second-order valence-electron chi connectivity index (χ2n) is 4.96. The lowest BCUT2D eigenvalue weighted by atomic mass is 10.1. The number of hydrogen-bond acceptors (Lipinski definition) is 3. The van der Waals surface area contributed by atoms with Gasteiger partial charge in [-0.1, -0.05) is 20.8 Å².